The highest BCUT2D eigenvalue weighted by molar-refractivity contribution is 6.30. The number of aromatic nitrogens is 2. The average Bonchev–Trinajstić information content (AvgIpc) is 2.94. The molecule has 3 rings (SSSR count). The molecule has 0 unspecified atom stereocenters. The highest BCUT2D eigenvalue weighted by Gasteiger charge is 2.23. The summed E-state index contributed by atoms with van der Waals surface area (Å²) in [5.41, 5.74) is 3.05. The second-order valence-corrected chi connectivity index (χ2v) is 5.25. The molecule has 0 spiro atoms. The molecule has 108 valence electrons. The molecule has 1 aromatic carbocycles. The lowest BCUT2D eigenvalue weighted by Crippen LogP contribution is -2.13. The van der Waals surface area contributed by atoms with Crippen LogP contribution in [0.15, 0.2) is 24.3 Å². The maximum atomic E-state index is 11.9. The Balaban J connectivity index is 1.98. The van der Waals surface area contributed by atoms with Gasteiger partial charge in [-0.1, -0.05) is 23.7 Å². The summed E-state index contributed by atoms with van der Waals surface area (Å²) >= 11 is 5.98. The molecule has 0 saturated carbocycles. The van der Waals surface area contributed by atoms with E-state index in [2.05, 4.69) is 15.3 Å². The minimum Gasteiger partial charge on any atom is -0.464 e. The molecule has 0 radical (unpaired) electrons. The number of nitrogens with one attached hydrogen (secondary N) is 1. The van der Waals surface area contributed by atoms with E-state index in [1.807, 2.05) is 24.3 Å². The molecule has 0 atom stereocenters. The number of carbonyl (C=O) groups excluding carboxylic acids is 1. The monoisotopic (exact) mass is 303 g/mol. The lowest BCUT2D eigenvalue weighted by molar-refractivity contribution is 0.0592. The van der Waals surface area contributed by atoms with Gasteiger partial charge in [0.2, 0.25) is 0 Å². The van der Waals surface area contributed by atoms with Crippen LogP contribution >= 0.6 is 11.6 Å². The molecule has 0 fully saturated rings. The van der Waals surface area contributed by atoms with Crippen LogP contribution in [0.2, 0.25) is 5.02 Å². The zero-order valence-electron chi connectivity index (χ0n) is 11.5. The Morgan fingerprint density at radius 2 is 2.24 bits per heavy atom. The summed E-state index contributed by atoms with van der Waals surface area (Å²) in [6.45, 7) is 1.24. The van der Waals surface area contributed by atoms with Gasteiger partial charge in [0.15, 0.2) is 5.69 Å². The third-order valence-corrected chi connectivity index (χ3v) is 3.60. The molecule has 21 heavy (non-hydrogen) atoms. The summed E-state index contributed by atoms with van der Waals surface area (Å²) in [6.07, 6.45) is 0.526. The molecule has 1 aliphatic heterocycles. The summed E-state index contributed by atoms with van der Waals surface area (Å²) in [5, 5.41) is 3.85. The van der Waals surface area contributed by atoms with Gasteiger partial charge in [-0.2, -0.15) is 0 Å². The standard InChI is InChI=1S/C15H14ClN3O2/c1-21-15(20)14-11-7-17-8-12(11)18-13(19-14)6-9-3-2-4-10(16)5-9/h2-5,17H,6-8H2,1H3. The van der Waals surface area contributed by atoms with Gasteiger partial charge in [0.25, 0.3) is 0 Å². The van der Waals surface area contributed by atoms with Gasteiger partial charge < -0.3 is 10.1 Å². The van der Waals surface area contributed by atoms with Crippen LogP contribution in [0.1, 0.15) is 33.1 Å². The Morgan fingerprint density at radius 1 is 1.38 bits per heavy atom. The van der Waals surface area contributed by atoms with Gasteiger partial charge in [0.1, 0.15) is 5.82 Å². The van der Waals surface area contributed by atoms with Gasteiger partial charge >= 0.3 is 5.97 Å². The van der Waals surface area contributed by atoms with Gasteiger partial charge in [-0.3, -0.25) is 0 Å². The minimum atomic E-state index is -0.426. The molecule has 5 nitrogen and oxygen atoms in total. The smallest absolute Gasteiger partial charge is 0.357 e. The summed E-state index contributed by atoms with van der Waals surface area (Å²) in [4.78, 5) is 20.8. The molecule has 1 aromatic heterocycles. The number of fused-ring (bicyclic) bond motifs is 1. The van der Waals surface area contributed by atoms with Crippen molar-refractivity contribution in [3.8, 4) is 0 Å². The fraction of sp³-hybridized carbons (Fsp3) is 0.267. The zero-order chi connectivity index (χ0) is 14.8. The molecular formula is C15H14ClN3O2. The third kappa shape index (κ3) is 2.89. The lowest BCUT2D eigenvalue weighted by Gasteiger charge is -2.08. The maximum Gasteiger partial charge on any atom is 0.357 e. The fourth-order valence-corrected chi connectivity index (χ4v) is 2.61. The Kier molecular flexibility index (Phi) is 3.86. The van der Waals surface area contributed by atoms with Crippen LogP contribution in [0, 0.1) is 0 Å². The number of hydrogen-bond donors (Lipinski definition) is 1. The number of esters is 1. The second kappa shape index (κ2) is 5.79. The molecular weight excluding hydrogens is 290 g/mol. The first-order valence-electron chi connectivity index (χ1n) is 6.59. The zero-order valence-corrected chi connectivity index (χ0v) is 12.3. The summed E-state index contributed by atoms with van der Waals surface area (Å²) < 4.78 is 4.81. The van der Waals surface area contributed by atoms with Crippen LogP contribution in [0.25, 0.3) is 0 Å². The van der Waals surface area contributed by atoms with E-state index in [0.717, 1.165) is 16.8 Å². The van der Waals surface area contributed by atoms with E-state index in [0.29, 0.717) is 36.1 Å². The molecule has 0 aliphatic carbocycles. The first-order valence-corrected chi connectivity index (χ1v) is 6.97. The van der Waals surface area contributed by atoms with E-state index in [1.165, 1.54) is 7.11 Å². The number of benzene rings is 1. The van der Waals surface area contributed by atoms with Crippen molar-refractivity contribution in [2.45, 2.75) is 19.5 Å². The van der Waals surface area contributed by atoms with Crippen molar-refractivity contribution in [1.29, 1.82) is 0 Å². The Morgan fingerprint density at radius 3 is 3.00 bits per heavy atom. The maximum absolute atomic E-state index is 11.9. The molecule has 0 saturated heterocycles. The number of methoxy groups -OCH3 is 1. The first-order chi connectivity index (χ1) is 10.2. The third-order valence-electron chi connectivity index (χ3n) is 3.36. The highest BCUT2D eigenvalue weighted by Crippen LogP contribution is 2.20. The summed E-state index contributed by atoms with van der Waals surface area (Å²) in [5.74, 6) is 0.171. The molecule has 1 N–H and O–H groups in total. The van der Waals surface area contributed by atoms with E-state index in [-0.39, 0.29) is 0 Å². The van der Waals surface area contributed by atoms with Gasteiger partial charge in [-0.25, -0.2) is 14.8 Å². The molecule has 2 heterocycles. The van der Waals surface area contributed by atoms with Gasteiger partial charge in [0, 0.05) is 30.1 Å². The SMILES string of the molecule is COC(=O)c1nc(Cc2cccc(Cl)c2)nc2c1CNC2. The van der Waals surface area contributed by atoms with Crippen molar-refractivity contribution >= 4 is 17.6 Å². The van der Waals surface area contributed by atoms with Gasteiger partial charge in [0.05, 0.1) is 12.8 Å². The van der Waals surface area contributed by atoms with Crippen molar-refractivity contribution in [3.63, 3.8) is 0 Å². The Bertz CT molecular complexity index is 703. The molecule has 2 aromatic rings. The van der Waals surface area contributed by atoms with Crippen molar-refractivity contribution in [1.82, 2.24) is 15.3 Å². The molecule has 1 aliphatic rings. The van der Waals surface area contributed by atoms with E-state index in [4.69, 9.17) is 16.3 Å². The summed E-state index contributed by atoms with van der Waals surface area (Å²) in [6, 6.07) is 7.53. The molecule has 0 bridgehead atoms. The van der Waals surface area contributed by atoms with Crippen LogP contribution in [-0.2, 0) is 24.2 Å². The number of rotatable bonds is 3. The number of hydrogen-bond acceptors (Lipinski definition) is 5. The fourth-order valence-electron chi connectivity index (χ4n) is 2.39. The van der Waals surface area contributed by atoms with E-state index in [1.54, 1.807) is 0 Å². The summed E-state index contributed by atoms with van der Waals surface area (Å²) in [7, 11) is 1.36. The van der Waals surface area contributed by atoms with E-state index in [9.17, 15) is 4.79 Å². The van der Waals surface area contributed by atoms with Crippen LogP contribution in [0.5, 0.6) is 0 Å². The topological polar surface area (TPSA) is 64.1 Å². The van der Waals surface area contributed by atoms with Crippen LogP contribution in [0.3, 0.4) is 0 Å². The normalized spacial score (nSPS) is 13.0. The van der Waals surface area contributed by atoms with Crippen molar-refractivity contribution in [3.05, 3.63) is 57.6 Å². The minimum absolute atomic E-state index is 0.351. The number of nitrogens with zero attached hydrogens (tertiary/aromatic N) is 2. The van der Waals surface area contributed by atoms with Crippen molar-refractivity contribution < 1.29 is 9.53 Å². The molecule has 0 amide bonds. The van der Waals surface area contributed by atoms with Crippen LogP contribution < -0.4 is 5.32 Å². The number of halogens is 1. The van der Waals surface area contributed by atoms with E-state index < -0.39 is 5.97 Å². The van der Waals surface area contributed by atoms with Gasteiger partial charge in [-0.05, 0) is 17.7 Å². The predicted octanol–water partition coefficient (Wildman–Crippen LogP) is 2.11. The van der Waals surface area contributed by atoms with Crippen LogP contribution in [0.4, 0.5) is 0 Å². The predicted molar refractivity (Wildman–Crippen MR) is 78.2 cm³/mol. The Hall–Kier alpha value is -1.98. The van der Waals surface area contributed by atoms with E-state index >= 15 is 0 Å². The van der Waals surface area contributed by atoms with Gasteiger partial charge in [-0.15, -0.1) is 0 Å². The molecule has 6 heteroatoms. The first kappa shape index (κ1) is 14.0. The average molecular weight is 304 g/mol. The Labute approximate surface area is 127 Å². The lowest BCUT2D eigenvalue weighted by atomic mass is 10.1. The number of carbonyl (C=O) groups is 1. The second-order valence-electron chi connectivity index (χ2n) is 4.82. The number of ether oxygens (including phenoxy) is 1. The van der Waals surface area contributed by atoms with Crippen molar-refractivity contribution in [2.24, 2.45) is 0 Å². The van der Waals surface area contributed by atoms with Crippen molar-refractivity contribution in [2.75, 3.05) is 7.11 Å². The quantitative estimate of drug-likeness (QED) is 0.880. The highest BCUT2D eigenvalue weighted by atomic mass is 35.5. The van der Waals surface area contributed by atoms with Crippen LogP contribution in [-0.4, -0.2) is 23.0 Å². The largest absolute Gasteiger partial charge is 0.464 e.